The minimum Gasteiger partial charge on any atom is -0.497 e. The molecule has 0 saturated heterocycles. The van der Waals surface area contributed by atoms with Crippen LogP contribution < -0.4 is 23.8 Å². The predicted molar refractivity (Wildman–Crippen MR) is 165 cm³/mol. The Morgan fingerprint density at radius 1 is 0.833 bits per heavy atom. The van der Waals surface area contributed by atoms with Crippen molar-refractivity contribution in [1.29, 1.82) is 0 Å². The van der Waals surface area contributed by atoms with Crippen molar-refractivity contribution in [3.63, 3.8) is 0 Å². The van der Waals surface area contributed by atoms with Crippen molar-refractivity contribution in [2.24, 2.45) is 0 Å². The van der Waals surface area contributed by atoms with Gasteiger partial charge in [0.1, 0.15) is 18.0 Å². The summed E-state index contributed by atoms with van der Waals surface area (Å²) in [4.78, 5) is 13.1. The molecule has 0 bridgehead atoms. The molecule has 10 nitrogen and oxygen atoms in total. The number of carbonyl (C=O) groups is 1. The van der Waals surface area contributed by atoms with Crippen molar-refractivity contribution < 1.29 is 31.1 Å². The molecule has 0 heterocycles. The number of sulfonamides is 2. The molecule has 42 heavy (non-hydrogen) atoms. The zero-order valence-electron chi connectivity index (χ0n) is 22.9. The van der Waals surface area contributed by atoms with E-state index in [2.05, 4.69) is 26.0 Å². The van der Waals surface area contributed by atoms with Crippen LogP contribution >= 0.6 is 15.9 Å². The molecule has 4 aromatic carbocycles. The van der Waals surface area contributed by atoms with Gasteiger partial charge >= 0.3 is 0 Å². The molecule has 0 saturated carbocycles. The Morgan fingerprint density at radius 3 is 2.12 bits per heavy atom. The van der Waals surface area contributed by atoms with E-state index in [0.717, 1.165) is 9.87 Å². The largest absolute Gasteiger partial charge is 0.497 e. The van der Waals surface area contributed by atoms with Gasteiger partial charge < -0.3 is 14.8 Å². The standard InChI is InChI=1S/C29H28BrN3O7S2/c1-20-7-12-26(13-8-20)42(37,38)33(23-6-4-5-21(30)17-23)19-29(34)31-22-9-14-25(15-10-22)41(35,36)32-27-18-24(39-2)11-16-28(27)40-3/h4-18,32H,19H2,1-3H3,(H,31,34). The summed E-state index contributed by atoms with van der Waals surface area (Å²) in [5.41, 5.74) is 1.65. The van der Waals surface area contributed by atoms with Crippen LogP contribution in [0.3, 0.4) is 0 Å². The SMILES string of the molecule is COc1ccc(OC)c(NS(=O)(=O)c2ccc(NC(=O)CN(c3cccc(Br)c3)S(=O)(=O)c3ccc(C)cc3)cc2)c1. The van der Waals surface area contributed by atoms with E-state index < -0.39 is 32.5 Å². The van der Waals surface area contributed by atoms with E-state index in [-0.39, 0.29) is 21.2 Å². The highest BCUT2D eigenvalue weighted by Crippen LogP contribution is 2.31. The van der Waals surface area contributed by atoms with E-state index in [4.69, 9.17) is 9.47 Å². The second kappa shape index (κ2) is 12.8. The summed E-state index contributed by atoms with van der Waals surface area (Å²) < 4.78 is 67.7. The van der Waals surface area contributed by atoms with Crippen LogP contribution in [-0.4, -0.2) is 43.5 Å². The third-order valence-electron chi connectivity index (χ3n) is 6.09. The van der Waals surface area contributed by atoms with E-state index in [1.165, 1.54) is 56.7 Å². The van der Waals surface area contributed by atoms with Gasteiger partial charge in [-0.3, -0.25) is 13.8 Å². The van der Waals surface area contributed by atoms with E-state index in [1.807, 2.05) is 6.92 Å². The fourth-order valence-electron chi connectivity index (χ4n) is 3.93. The van der Waals surface area contributed by atoms with Crippen LogP contribution in [0, 0.1) is 6.92 Å². The quantitative estimate of drug-likeness (QED) is 0.218. The fraction of sp³-hybridized carbons (Fsp3) is 0.138. The first-order valence-corrected chi connectivity index (χ1v) is 16.1. The van der Waals surface area contributed by atoms with Gasteiger partial charge in [-0.1, -0.05) is 39.7 Å². The molecule has 0 aliphatic heterocycles. The van der Waals surface area contributed by atoms with Crippen molar-refractivity contribution in [1.82, 2.24) is 0 Å². The Labute approximate surface area is 253 Å². The van der Waals surface area contributed by atoms with Crippen molar-refractivity contribution >= 4 is 58.9 Å². The van der Waals surface area contributed by atoms with Gasteiger partial charge in [-0.25, -0.2) is 16.8 Å². The number of hydrogen-bond acceptors (Lipinski definition) is 7. The lowest BCUT2D eigenvalue weighted by Crippen LogP contribution is -2.38. The molecule has 0 atom stereocenters. The molecule has 0 spiro atoms. The van der Waals surface area contributed by atoms with Crippen molar-refractivity contribution in [2.75, 3.05) is 35.1 Å². The van der Waals surface area contributed by atoms with Crippen molar-refractivity contribution in [3.05, 3.63) is 101 Å². The van der Waals surface area contributed by atoms with Crippen LogP contribution in [-0.2, 0) is 24.8 Å². The summed E-state index contributed by atoms with van der Waals surface area (Å²) in [5.74, 6) is 0.118. The smallest absolute Gasteiger partial charge is 0.264 e. The first kappa shape index (κ1) is 30.9. The molecule has 4 aromatic rings. The first-order chi connectivity index (χ1) is 19.9. The van der Waals surface area contributed by atoms with Gasteiger partial charge in [0.25, 0.3) is 20.0 Å². The Kier molecular flexibility index (Phi) is 9.44. The molecular weight excluding hydrogens is 646 g/mol. The predicted octanol–water partition coefficient (Wildman–Crippen LogP) is 5.41. The number of benzene rings is 4. The summed E-state index contributed by atoms with van der Waals surface area (Å²) in [6.07, 6.45) is 0. The Morgan fingerprint density at radius 2 is 1.50 bits per heavy atom. The summed E-state index contributed by atoms with van der Waals surface area (Å²) in [5, 5.41) is 2.64. The number of nitrogens with one attached hydrogen (secondary N) is 2. The molecule has 2 N–H and O–H groups in total. The number of aryl methyl sites for hydroxylation is 1. The highest BCUT2D eigenvalue weighted by molar-refractivity contribution is 9.10. The monoisotopic (exact) mass is 673 g/mol. The molecular formula is C29H28BrN3O7S2. The third-order valence-corrected chi connectivity index (χ3v) is 9.75. The van der Waals surface area contributed by atoms with E-state index in [9.17, 15) is 21.6 Å². The lowest BCUT2D eigenvalue weighted by atomic mass is 10.2. The molecule has 0 unspecified atom stereocenters. The molecule has 0 aliphatic rings. The van der Waals surface area contributed by atoms with E-state index >= 15 is 0 Å². The van der Waals surface area contributed by atoms with Crippen LogP contribution in [0.25, 0.3) is 0 Å². The maximum Gasteiger partial charge on any atom is 0.264 e. The van der Waals surface area contributed by atoms with Crippen LogP contribution in [0.1, 0.15) is 5.56 Å². The second-order valence-electron chi connectivity index (χ2n) is 9.05. The van der Waals surface area contributed by atoms with Crippen LogP contribution in [0.5, 0.6) is 11.5 Å². The van der Waals surface area contributed by atoms with Crippen molar-refractivity contribution in [2.45, 2.75) is 16.7 Å². The van der Waals surface area contributed by atoms with Gasteiger partial charge in [0, 0.05) is 16.2 Å². The van der Waals surface area contributed by atoms with Crippen LogP contribution in [0.4, 0.5) is 17.1 Å². The number of nitrogens with zero attached hydrogens (tertiary/aromatic N) is 1. The molecule has 0 aliphatic carbocycles. The molecule has 0 fully saturated rings. The summed E-state index contributed by atoms with van der Waals surface area (Å²) in [6.45, 7) is 1.32. The van der Waals surface area contributed by atoms with Crippen LogP contribution in [0.2, 0.25) is 0 Å². The number of rotatable bonds is 11. The average molecular weight is 675 g/mol. The number of methoxy groups -OCH3 is 2. The highest BCUT2D eigenvalue weighted by Gasteiger charge is 2.27. The summed E-state index contributed by atoms with van der Waals surface area (Å²) in [7, 11) is -5.24. The molecule has 0 radical (unpaired) electrons. The fourth-order valence-corrected chi connectivity index (χ4v) is 6.79. The first-order valence-electron chi connectivity index (χ1n) is 12.4. The number of ether oxygens (including phenoxy) is 2. The molecule has 4 rings (SSSR count). The number of halogens is 1. The van der Waals surface area contributed by atoms with Gasteiger partial charge in [-0.2, -0.15) is 0 Å². The second-order valence-corrected chi connectivity index (χ2v) is 13.5. The number of carbonyl (C=O) groups excluding carboxylic acids is 1. The highest BCUT2D eigenvalue weighted by atomic mass is 79.9. The van der Waals surface area contributed by atoms with E-state index in [1.54, 1.807) is 48.5 Å². The summed E-state index contributed by atoms with van der Waals surface area (Å²) in [6, 6.07) is 23.1. The third kappa shape index (κ3) is 7.22. The van der Waals surface area contributed by atoms with Gasteiger partial charge in [0.15, 0.2) is 0 Å². The normalized spacial score (nSPS) is 11.4. The maximum absolute atomic E-state index is 13.6. The lowest BCUT2D eigenvalue weighted by Gasteiger charge is -2.24. The topological polar surface area (TPSA) is 131 Å². The Balaban J connectivity index is 1.54. The van der Waals surface area contributed by atoms with Gasteiger partial charge in [-0.05, 0) is 73.7 Å². The Hall–Kier alpha value is -4.07. The summed E-state index contributed by atoms with van der Waals surface area (Å²) >= 11 is 3.35. The van der Waals surface area contributed by atoms with Gasteiger partial charge in [0.2, 0.25) is 5.91 Å². The average Bonchev–Trinajstić information content (AvgIpc) is 2.96. The minimum absolute atomic E-state index is 0.0376. The zero-order valence-corrected chi connectivity index (χ0v) is 26.1. The van der Waals surface area contributed by atoms with E-state index in [0.29, 0.717) is 21.7 Å². The molecule has 220 valence electrons. The van der Waals surface area contributed by atoms with Gasteiger partial charge in [-0.15, -0.1) is 0 Å². The lowest BCUT2D eigenvalue weighted by molar-refractivity contribution is -0.114. The zero-order chi connectivity index (χ0) is 30.5. The number of hydrogen-bond donors (Lipinski definition) is 2. The van der Waals surface area contributed by atoms with Gasteiger partial charge in [0.05, 0.1) is 35.4 Å². The van der Waals surface area contributed by atoms with Crippen molar-refractivity contribution in [3.8, 4) is 11.5 Å². The molecule has 0 aromatic heterocycles. The minimum atomic E-state index is -4.10. The molecule has 13 heteroatoms. The number of amides is 1. The number of anilines is 3. The molecule has 1 amide bonds. The maximum atomic E-state index is 13.6. The Bertz CT molecular complexity index is 1800. The van der Waals surface area contributed by atoms with Crippen LogP contribution in [0.15, 0.2) is 105 Å².